The molecule has 0 atom stereocenters. The van der Waals surface area contributed by atoms with E-state index in [1.165, 1.54) is 76.5 Å². The molecule has 0 saturated heterocycles. The molecule has 0 N–H and O–H groups in total. The molecular formula is C56H34N2. The van der Waals surface area contributed by atoms with Crippen molar-refractivity contribution in [1.29, 1.82) is 0 Å². The molecule has 2 nitrogen and oxygen atoms in total. The van der Waals surface area contributed by atoms with E-state index in [-0.39, 0.29) is 0 Å². The third-order valence-corrected chi connectivity index (χ3v) is 12.0. The lowest BCUT2D eigenvalue weighted by Crippen LogP contribution is -1.93. The maximum absolute atomic E-state index is 5.34. The normalized spacial score (nSPS) is 11.8. The Bertz CT molecular complexity index is 3570. The van der Waals surface area contributed by atoms with Gasteiger partial charge in [0.2, 0.25) is 0 Å². The molecule has 0 aliphatic heterocycles. The lowest BCUT2D eigenvalue weighted by molar-refractivity contribution is 1.39. The van der Waals surface area contributed by atoms with E-state index in [4.69, 9.17) is 9.97 Å². The topological polar surface area (TPSA) is 25.8 Å². The average Bonchev–Trinajstić information content (AvgIpc) is 3.29. The number of fused-ring (bicyclic) bond motifs is 8. The largest absolute Gasteiger partial charge is 0.245 e. The first-order chi connectivity index (χ1) is 28.7. The molecule has 0 aliphatic carbocycles. The molecule has 2 aromatic heterocycles. The van der Waals surface area contributed by atoms with Crippen LogP contribution in [-0.2, 0) is 0 Å². The van der Waals surface area contributed by atoms with Crippen LogP contribution < -0.4 is 0 Å². The molecule has 12 aromatic rings. The van der Waals surface area contributed by atoms with E-state index in [2.05, 4.69) is 206 Å². The number of para-hydroxylation sites is 1. The number of nitrogens with zero attached hydrogens (tertiary/aromatic N) is 2. The van der Waals surface area contributed by atoms with Crippen molar-refractivity contribution in [2.45, 2.75) is 0 Å². The summed E-state index contributed by atoms with van der Waals surface area (Å²) in [6.45, 7) is 0. The van der Waals surface area contributed by atoms with Gasteiger partial charge in [0, 0.05) is 27.3 Å². The zero-order chi connectivity index (χ0) is 38.2. The molecule has 0 aliphatic rings. The second-order valence-electron chi connectivity index (χ2n) is 15.3. The van der Waals surface area contributed by atoms with Gasteiger partial charge in [0.25, 0.3) is 0 Å². The predicted octanol–water partition coefficient (Wildman–Crippen LogP) is 15.2. The molecule has 0 spiro atoms. The molecule has 2 heteroatoms. The lowest BCUT2D eigenvalue weighted by Gasteiger charge is -2.18. The Labute approximate surface area is 335 Å². The Morgan fingerprint density at radius 2 is 0.707 bits per heavy atom. The second-order valence-corrected chi connectivity index (χ2v) is 15.3. The van der Waals surface area contributed by atoms with E-state index in [1.54, 1.807) is 0 Å². The van der Waals surface area contributed by atoms with E-state index in [9.17, 15) is 0 Å². The van der Waals surface area contributed by atoms with Crippen molar-refractivity contribution in [2.24, 2.45) is 0 Å². The van der Waals surface area contributed by atoms with Crippen molar-refractivity contribution in [2.75, 3.05) is 0 Å². The zero-order valence-electron chi connectivity index (χ0n) is 31.5. The van der Waals surface area contributed by atoms with Gasteiger partial charge in [-0.3, -0.25) is 0 Å². The fourth-order valence-corrected chi connectivity index (χ4v) is 9.27. The maximum Gasteiger partial charge on any atom is 0.0978 e. The summed E-state index contributed by atoms with van der Waals surface area (Å²) in [5.74, 6) is 0. The minimum Gasteiger partial charge on any atom is -0.245 e. The molecule has 0 unspecified atom stereocenters. The summed E-state index contributed by atoms with van der Waals surface area (Å²) in [4.78, 5) is 10.6. The highest BCUT2D eigenvalue weighted by molar-refractivity contribution is 6.22. The van der Waals surface area contributed by atoms with E-state index in [0.29, 0.717) is 0 Å². The van der Waals surface area contributed by atoms with Crippen molar-refractivity contribution < 1.29 is 0 Å². The number of pyridine rings is 2. The molecule has 0 amide bonds. The van der Waals surface area contributed by atoms with Crippen LogP contribution >= 0.6 is 0 Å². The van der Waals surface area contributed by atoms with Crippen LogP contribution in [0, 0.1) is 0 Å². The van der Waals surface area contributed by atoms with E-state index < -0.39 is 0 Å². The van der Waals surface area contributed by atoms with Crippen LogP contribution in [0.1, 0.15) is 0 Å². The van der Waals surface area contributed by atoms with Crippen LogP contribution in [0.25, 0.3) is 120 Å². The van der Waals surface area contributed by atoms with Gasteiger partial charge in [-0.2, -0.15) is 0 Å². The number of hydrogen-bond acceptors (Lipinski definition) is 2. The van der Waals surface area contributed by atoms with E-state index in [1.807, 2.05) is 0 Å². The van der Waals surface area contributed by atoms with Gasteiger partial charge < -0.3 is 0 Å². The minimum atomic E-state index is 0.916. The molecule has 0 fully saturated rings. The van der Waals surface area contributed by atoms with E-state index >= 15 is 0 Å². The van der Waals surface area contributed by atoms with Crippen molar-refractivity contribution in [3.8, 4) is 44.6 Å². The third kappa shape index (κ3) is 5.12. The molecule has 0 saturated carbocycles. The minimum absolute atomic E-state index is 0.916. The quantitative estimate of drug-likeness (QED) is 0.133. The lowest BCUT2D eigenvalue weighted by atomic mass is 9.85. The van der Waals surface area contributed by atoms with Crippen LogP contribution in [0.5, 0.6) is 0 Å². The number of rotatable bonds is 4. The number of hydrogen-bond donors (Lipinski definition) is 0. The highest BCUT2D eigenvalue weighted by atomic mass is 14.8. The van der Waals surface area contributed by atoms with Crippen molar-refractivity contribution >= 4 is 75.8 Å². The van der Waals surface area contributed by atoms with Gasteiger partial charge in [-0.25, -0.2) is 9.97 Å². The smallest absolute Gasteiger partial charge is 0.0978 e. The molecule has 0 bridgehead atoms. The third-order valence-electron chi connectivity index (χ3n) is 12.0. The molecular weight excluding hydrogens is 701 g/mol. The first kappa shape index (κ1) is 32.6. The fourth-order valence-electron chi connectivity index (χ4n) is 9.27. The Hall–Kier alpha value is -7.68. The summed E-state index contributed by atoms with van der Waals surface area (Å²) in [6, 6.07) is 74.7. The highest BCUT2D eigenvalue weighted by Gasteiger charge is 2.18. The Morgan fingerprint density at radius 1 is 0.241 bits per heavy atom. The summed E-state index contributed by atoms with van der Waals surface area (Å²) < 4.78 is 0. The van der Waals surface area contributed by atoms with Gasteiger partial charge in [0.05, 0.1) is 22.2 Å². The van der Waals surface area contributed by atoms with Crippen LogP contribution in [0.15, 0.2) is 206 Å². The summed E-state index contributed by atoms with van der Waals surface area (Å²) in [7, 11) is 0. The summed E-state index contributed by atoms with van der Waals surface area (Å²) in [5, 5.41) is 13.2. The van der Waals surface area contributed by atoms with Gasteiger partial charge in [0.1, 0.15) is 0 Å². The Morgan fingerprint density at radius 3 is 1.38 bits per heavy atom. The van der Waals surface area contributed by atoms with Crippen LogP contribution in [0.2, 0.25) is 0 Å². The molecule has 10 aromatic carbocycles. The standard InChI is InChI=1S/C56H34N2/c1-2-13-36(14-3-1)52-48-20-10-11-21-51(48)58-56-49(52)30-28-37-29-31-50(57-55(37)56)41-25-23-40-34-43(27-24-39(40)32-41)54-46-18-8-6-16-44(46)53(45-17-7-9-19-47(45)54)42-26-22-35-12-4-5-15-38(35)33-42/h1-34H. The predicted molar refractivity (Wildman–Crippen MR) is 246 cm³/mol. The summed E-state index contributed by atoms with van der Waals surface area (Å²) in [6.07, 6.45) is 0. The summed E-state index contributed by atoms with van der Waals surface area (Å²) in [5.41, 5.74) is 12.2. The van der Waals surface area contributed by atoms with E-state index in [0.717, 1.165) is 44.0 Å². The van der Waals surface area contributed by atoms with Crippen LogP contribution in [0.4, 0.5) is 0 Å². The first-order valence-electron chi connectivity index (χ1n) is 19.9. The number of aromatic nitrogens is 2. The molecule has 58 heavy (non-hydrogen) atoms. The van der Waals surface area contributed by atoms with Gasteiger partial charge in [-0.05, 0) is 101 Å². The molecule has 268 valence electrons. The highest BCUT2D eigenvalue weighted by Crippen LogP contribution is 2.45. The Kier molecular flexibility index (Phi) is 7.26. The first-order valence-corrected chi connectivity index (χ1v) is 19.9. The fraction of sp³-hybridized carbons (Fsp3) is 0. The average molecular weight is 735 g/mol. The van der Waals surface area contributed by atoms with Crippen molar-refractivity contribution in [1.82, 2.24) is 9.97 Å². The Balaban J connectivity index is 0.996. The monoisotopic (exact) mass is 734 g/mol. The van der Waals surface area contributed by atoms with Gasteiger partial charge in [-0.15, -0.1) is 0 Å². The number of benzene rings is 10. The van der Waals surface area contributed by atoms with Crippen LogP contribution in [-0.4, -0.2) is 9.97 Å². The molecule has 2 heterocycles. The van der Waals surface area contributed by atoms with Crippen molar-refractivity contribution in [3.05, 3.63) is 206 Å². The van der Waals surface area contributed by atoms with Crippen LogP contribution in [0.3, 0.4) is 0 Å². The molecule has 0 radical (unpaired) electrons. The molecule has 12 rings (SSSR count). The van der Waals surface area contributed by atoms with Gasteiger partial charge in [-0.1, -0.05) is 176 Å². The van der Waals surface area contributed by atoms with Crippen molar-refractivity contribution in [3.63, 3.8) is 0 Å². The zero-order valence-corrected chi connectivity index (χ0v) is 31.5. The van der Waals surface area contributed by atoms with Gasteiger partial charge >= 0.3 is 0 Å². The SMILES string of the molecule is c1ccc(-c2c3ccccc3nc3c2ccc2ccc(-c4ccc5cc(-c6c7ccccc7c(-c7ccc8ccccc8c7)c7ccccc67)ccc5c4)nc23)cc1. The van der Waals surface area contributed by atoms with Gasteiger partial charge in [0.15, 0.2) is 0 Å². The maximum atomic E-state index is 5.34. The second kappa shape index (κ2) is 12.9. The summed E-state index contributed by atoms with van der Waals surface area (Å²) >= 11 is 0.